The molecule has 0 aliphatic heterocycles. The van der Waals surface area contributed by atoms with Crippen molar-refractivity contribution < 1.29 is 18.5 Å². The molecule has 20 heavy (non-hydrogen) atoms. The second-order valence-electron chi connectivity index (χ2n) is 4.47. The quantitative estimate of drug-likeness (QED) is 0.882. The number of carboxylic acid groups (broad SMARTS) is 1. The smallest absolute Gasteiger partial charge is 0.346 e. The molecule has 0 radical (unpaired) electrons. The van der Waals surface area contributed by atoms with Crippen molar-refractivity contribution >= 4 is 38.2 Å². The standard InChI is InChI=1S/C14H15FO3S2/c1-2-3-7-20(18)8-9-12-10(15)5-4-6-11(12)19-13(9)14(16)17/h4-6H,2-3,7-8H2,1H3,(H,16,17). The van der Waals surface area contributed by atoms with Crippen LogP contribution in [-0.2, 0) is 16.6 Å². The second kappa shape index (κ2) is 6.45. The van der Waals surface area contributed by atoms with Gasteiger partial charge in [0.1, 0.15) is 10.7 Å². The van der Waals surface area contributed by atoms with Crippen molar-refractivity contribution in [2.45, 2.75) is 25.5 Å². The van der Waals surface area contributed by atoms with Crippen LogP contribution in [-0.4, -0.2) is 21.0 Å². The fourth-order valence-electron chi connectivity index (χ4n) is 2.02. The largest absolute Gasteiger partial charge is 0.477 e. The maximum atomic E-state index is 13.9. The van der Waals surface area contributed by atoms with Crippen LogP contribution in [0.3, 0.4) is 0 Å². The monoisotopic (exact) mass is 314 g/mol. The molecule has 0 aliphatic carbocycles. The summed E-state index contributed by atoms with van der Waals surface area (Å²) in [5.74, 6) is -0.925. The first-order chi connectivity index (χ1) is 9.54. The van der Waals surface area contributed by atoms with Gasteiger partial charge in [0.25, 0.3) is 0 Å². The summed E-state index contributed by atoms with van der Waals surface area (Å²) in [5.41, 5.74) is 0.366. The fraction of sp³-hybridized carbons (Fsp3) is 0.357. The van der Waals surface area contributed by atoms with Gasteiger partial charge in [0.15, 0.2) is 0 Å². The van der Waals surface area contributed by atoms with Crippen LogP contribution in [0.5, 0.6) is 0 Å². The minimum Gasteiger partial charge on any atom is -0.477 e. The van der Waals surface area contributed by atoms with Crippen LogP contribution in [0.1, 0.15) is 35.0 Å². The van der Waals surface area contributed by atoms with Crippen LogP contribution < -0.4 is 0 Å². The lowest BCUT2D eigenvalue weighted by atomic mass is 10.1. The highest BCUT2D eigenvalue weighted by atomic mass is 32.2. The molecule has 3 nitrogen and oxygen atoms in total. The van der Waals surface area contributed by atoms with Crippen molar-refractivity contribution in [2.24, 2.45) is 0 Å². The Morgan fingerprint density at radius 2 is 2.20 bits per heavy atom. The van der Waals surface area contributed by atoms with E-state index in [2.05, 4.69) is 0 Å². The predicted octanol–water partition coefficient (Wildman–Crippen LogP) is 3.79. The van der Waals surface area contributed by atoms with Crippen LogP contribution in [0, 0.1) is 5.82 Å². The Hall–Kier alpha value is -1.27. The van der Waals surface area contributed by atoms with Crippen LogP contribution in [0.25, 0.3) is 10.1 Å². The summed E-state index contributed by atoms with van der Waals surface area (Å²) in [4.78, 5) is 11.4. The van der Waals surface area contributed by atoms with Gasteiger partial charge >= 0.3 is 5.97 Å². The van der Waals surface area contributed by atoms with E-state index in [0.717, 1.165) is 24.2 Å². The number of halogens is 1. The summed E-state index contributed by atoms with van der Waals surface area (Å²) in [6, 6.07) is 4.55. The second-order valence-corrected chi connectivity index (χ2v) is 7.10. The number of carbonyl (C=O) groups is 1. The van der Waals surface area contributed by atoms with Gasteiger partial charge in [0.2, 0.25) is 0 Å². The van der Waals surface area contributed by atoms with Gasteiger partial charge in [0.05, 0.1) is 5.75 Å². The zero-order chi connectivity index (χ0) is 14.7. The number of hydrogen-bond acceptors (Lipinski definition) is 3. The van der Waals surface area contributed by atoms with E-state index in [9.17, 15) is 18.5 Å². The lowest BCUT2D eigenvalue weighted by Gasteiger charge is -2.03. The number of carboxylic acids is 1. The molecule has 0 amide bonds. The van der Waals surface area contributed by atoms with Crippen molar-refractivity contribution in [3.63, 3.8) is 0 Å². The molecule has 0 saturated heterocycles. The molecule has 1 heterocycles. The maximum absolute atomic E-state index is 13.9. The molecule has 1 unspecified atom stereocenters. The Morgan fingerprint density at radius 3 is 2.85 bits per heavy atom. The Bertz CT molecular complexity index is 664. The molecule has 1 aromatic heterocycles. The van der Waals surface area contributed by atoms with Gasteiger partial charge in [-0.15, -0.1) is 11.3 Å². The first-order valence-electron chi connectivity index (χ1n) is 6.32. The van der Waals surface area contributed by atoms with E-state index < -0.39 is 22.6 Å². The topological polar surface area (TPSA) is 54.4 Å². The third-order valence-electron chi connectivity index (χ3n) is 2.99. The molecule has 1 N–H and O–H groups in total. The first-order valence-corrected chi connectivity index (χ1v) is 8.63. The number of hydrogen-bond donors (Lipinski definition) is 1. The molecule has 0 spiro atoms. The van der Waals surface area contributed by atoms with Gasteiger partial charge in [-0.05, 0) is 18.6 Å². The van der Waals surface area contributed by atoms with Gasteiger partial charge in [-0.1, -0.05) is 19.4 Å². The third-order valence-corrected chi connectivity index (χ3v) is 5.53. The minimum absolute atomic E-state index is 0.0925. The van der Waals surface area contributed by atoms with E-state index in [-0.39, 0.29) is 10.6 Å². The summed E-state index contributed by atoms with van der Waals surface area (Å²) >= 11 is 1.04. The predicted molar refractivity (Wildman–Crippen MR) is 80.4 cm³/mol. The van der Waals surface area contributed by atoms with Crippen molar-refractivity contribution in [1.29, 1.82) is 0 Å². The van der Waals surface area contributed by atoms with E-state index in [1.54, 1.807) is 12.1 Å². The molecule has 2 aromatic rings. The SMILES string of the molecule is CCCCS(=O)Cc1c(C(=O)O)sc2cccc(F)c12. The average molecular weight is 314 g/mol. The zero-order valence-electron chi connectivity index (χ0n) is 11.0. The highest BCUT2D eigenvalue weighted by molar-refractivity contribution is 7.84. The minimum atomic E-state index is -1.16. The normalized spacial score (nSPS) is 12.7. The van der Waals surface area contributed by atoms with Crippen LogP contribution in [0.15, 0.2) is 18.2 Å². The molecule has 6 heteroatoms. The Kier molecular flexibility index (Phi) is 4.88. The van der Waals surface area contributed by atoms with E-state index in [0.29, 0.717) is 21.4 Å². The summed E-state index contributed by atoms with van der Waals surface area (Å²) in [7, 11) is -1.16. The van der Waals surface area contributed by atoms with E-state index in [4.69, 9.17) is 0 Å². The molecule has 0 bridgehead atoms. The van der Waals surface area contributed by atoms with Gasteiger partial charge in [-0.25, -0.2) is 9.18 Å². The lowest BCUT2D eigenvalue weighted by molar-refractivity contribution is 0.0701. The zero-order valence-corrected chi connectivity index (χ0v) is 12.7. The van der Waals surface area contributed by atoms with Gasteiger partial charge in [0, 0.05) is 32.2 Å². The molecule has 0 fully saturated rings. The Morgan fingerprint density at radius 1 is 1.45 bits per heavy atom. The van der Waals surface area contributed by atoms with Crippen molar-refractivity contribution in [3.8, 4) is 0 Å². The first kappa shape index (κ1) is 15.1. The molecule has 1 aromatic carbocycles. The van der Waals surface area contributed by atoms with E-state index >= 15 is 0 Å². The number of rotatable bonds is 6. The number of benzene rings is 1. The molecule has 0 aliphatic rings. The van der Waals surface area contributed by atoms with E-state index in [1.807, 2.05) is 6.92 Å². The fourth-order valence-corrected chi connectivity index (χ4v) is 4.55. The van der Waals surface area contributed by atoms with Crippen molar-refractivity contribution in [2.75, 3.05) is 5.75 Å². The molecular weight excluding hydrogens is 299 g/mol. The lowest BCUT2D eigenvalue weighted by Crippen LogP contribution is -2.05. The van der Waals surface area contributed by atoms with Crippen LogP contribution >= 0.6 is 11.3 Å². The van der Waals surface area contributed by atoms with Gasteiger partial charge in [-0.3, -0.25) is 4.21 Å². The van der Waals surface area contributed by atoms with Crippen LogP contribution in [0.4, 0.5) is 4.39 Å². The molecule has 2 rings (SSSR count). The van der Waals surface area contributed by atoms with Crippen LogP contribution in [0.2, 0.25) is 0 Å². The molecule has 108 valence electrons. The van der Waals surface area contributed by atoms with Crippen molar-refractivity contribution in [1.82, 2.24) is 0 Å². The summed E-state index contributed by atoms with van der Waals surface area (Å²) in [6.45, 7) is 2.00. The van der Waals surface area contributed by atoms with E-state index in [1.165, 1.54) is 6.07 Å². The van der Waals surface area contributed by atoms with Gasteiger partial charge in [-0.2, -0.15) is 0 Å². The third kappa shape index (κ3) is 3.07. The summed E-state index contributed by atoms with van der Waals surface area (Å²) in [5, 5.41) is 9.54. The Labute approximate surface area is 122 Å². The summed E-state index contributed by atoms with van der Waals surface area (Å²) in [6.07, 6.45) is 1.75. The average Bonchev–Trinajstić information content (AvgIpc) is 2.77. The molecular formula is C14H15FO3S2. The number of unbranched alkanes of at least 4 members (excludes halogenated alkanes) is 1. The summed E-state index contributed by atoms with van der Waals surface area (Å²) < 4.78 is 26.5. The molecule has 0 saturated carbocycles. The van der Waals surface area contributed by atoms with Gasteiger partial charge < -0.3 is 5.11 Å². The number of fused-ring (bicyclic) bond motifs is 1. The number of thiophene rings is 1. The highest BCUT2D eigenvalue weighted by Crippen LogP contribution is 2.34. The van der Waals surface area contributed by atoms with Crippen molar-refractivity contribution in [3.05, 3.63) is 34.5 Å². The molecule has 1 atom stereocenters. The highest BCUT2D eigenvalue weighted by Gasteiger charge is 2.21. The Balaban J connectivity index is 2.46. The maximum Gasteiger partial charge on any atom is 0.346 e. The number of aromatic carboxylic acids is 1.